The van der Waals surface area contributed by atoms with Crippen molar-refractivity contribution < 1.29 is 4.42 Å². The van der Waals surface area contributed by atoms with Crippen LogP contribution >= 0.6 is 0 Å². The summed E-state index contributed by atoms with van der Waals surface area (Å²) in [5.41, 5.74) is 8.81. The molecular weight excluding hydrogens is 260 g/mol. The van der Waals surface area contributed by atoms with Gasteiger partial charge in [-0.05, 0) is 56.0 Å². The van der Waals surface area contributed by atoms with Crippen LogP contribution in [0.25, 0.3) is 0 Å². The molecule has 21 heavy (non-hydrogen) atoms. The highest BCUT2D eigenvalue weighted by molar-refractivity contribution is 5.31. The minimum Gasteiger partial charge on any atom is -0.465 e. The average molecular weight is 284 g/mol. The maximum Gasteiger partial charge on any atom is 0.118 e. The summed E-state index contributed by atoms with van der Waals surface area (Å²) in [4.78, 5) is 2.27. The molecular formula is C18H24N2O. The highest BCUT2D eigenvalue weighted by atomic mass is 16.3. The molecule has 1 aromatic carbocycles. The number of nitrogens with two attached hydrogens (primary N) is 1. The number of nitrogens with zero attached hydrogens (tertiary/aromatic N) is 1. The van der Waals surface area contributed by atoms with Crippen LogP contribution in [-0.4, -0.2) is 18.5 Å². The molecule has 0 radical (unpaired) electrons. The molecule has 1 aromatic heterocycles. The van der Waals surface area contributed by atoms with Gasteiger partial charge in [0.05, 0.1) is 6.54 Å². The minimum absolute atomic E-state index is 0.231. The molecule has 0 amide bonds. The van der Waals surface area contributed by atoms with Crippen molar-refractivity contribution in [3.05, 3.63) is 59.0 Å². The summed E-state index contributed by atoms with van der Waals surface area (Å²) in [6.07, 6.45) is 2.66. The molecule has 3 nitrogen and oxygen atoms in total. The first kappa shape index (κ1) is 14.4. The molecule has 2 N–H and O–H groups in total. The molecule has 3 heteroatoms. The first-order valence-corrected chi connectivity index (χ1v) is 7.73. The third-order valence-corrected chi connectivity index (χ3v) is 4.30. The van der Waals surface area contributed by atoms with Gasteiger partial charge in [-0.15, -0.1) is 0 Å². The highest BCUT2D eigenvalue weighted by Gasteiger charge is 2.25. The van der Waals surface area contributed by atoms with E-state index >= 15 is 0 Å². The normalized spacial score (nSPS) is 16.4. The van der Waals surface area contributed by atoms with E-state index in [4.69, 9.17) is 10.2 Å². The Bertz CT molecular complexity index is 601. The number of hydrogen-bond acceptors (Lipinski definition) is 3. The Morgan fingerprint density at radius 2 is 2.10 bits per heavy atom. The molecule has 0 spiro atoms. The topological polar surface area (TPSA) is 42.4 Å². The molecule has 1 saturated carbocycles. The number of hydrogen-bond donors (Lipinski definition) is 1. The first-order chi connectivity index (χ1) is 10.2. The van der Waals surface area contributed by atoms with Gasteiger partial charge in [0.15, 0.2) is 0 Å². The van der Waals surface area contributed by atoms with Crippen LogP contribution in [0.5, 0.6) is 0 Å². The Morgan fingerprint density at radius 1 is 1.29 bits per heavy atom. The summed E-state index contributed by atoms with van der Waals surface area (Å²) in [6, 6.07) is 13.2. The van der Waals surface area contributed by atoms with E-state index in [0.29, 0.717) is 6.54 Å². The number of rotatable bonds is 6. The molecule has 3 rings (SSSR count). The van der Waals surface area contributed by atoms with E-state index in [1.165, 1.54) is 24.0 Å². The van der Waals surface area contributed by atoms with Gasteiger partial charge in [-0.3, -0.25) is 4.90 Å². The number of furan rings is 1. The molecule has 0 bridgehead atoms. The molecule has 1 aliphatic carbocycles. The molecule has 0 aliphatic heterocycles. The summed E-state index contributed by atoms with van der Waals surface area (Å²) in [6.45, 7) is 3.37. The van der Waals surface area contributed by atoms with E-state index in [2.05, 4.69) is 36.2 Å². The zero-order chi connectivity index (χ0) is 14.8. The molecule has 112 valence electrons. The van der Waals surface area contributed by atoms with Crippen molar-refractivity contribution in [2.45, 2.75) is 38.3 Å². The number of benzene rings is 1. The van der Waals surface area contributed by atoms with Crippen molar-refractivity contribution >= 4 is 0 Å². The largest absolute Gasteiger partial charge is 0.465 e. The predicted molar refractivity (Wildman–Crippen MR) is 85.1 cm³/mol. The zero-order valence-corrected chi connectivity index (χ0v) is 12.9. The van der Waals surface area contributed by atoms with Crippen LogP contribution in [0, 0.1) is 6.92 Å². The molecule has 1 aliphatic rings. The zero-order valence-electron chi connectivity index (χ0n) is 12.9. The van der Waals surface area contributed by atoms with Gasteiger partial charge in [0.25, 0.3) is 0 Å². The Balaban J connectivity index is 1.75. The molecule has 1 atom stereocenters. The van der Waals surface area contributed by atoms with E-state index in [9.17, 15) is 0 Å². The number of likely N-dealkylation sites (N-methyl/N-ethyl adjacent to an activating group) is 1. The maximum atomic E-state index is 6.03. The lowest BCUT2D eigenvalue weighted by atomic mass is 10.0. The SMILES string of the molecule is Cc1ccc(CN(C)C(CN)c2cccc(C3CC3)c2)o1. The van der Waals surface area contributed by atoms with E-state index in [1.807, 2.05) is 19.1 Å². The Labute approximate surface area is 126 Å². The van der Waals surface area contributed by atoms with Gasteiger partial charge in [0.1, 0.15) is 11.5 Å². The maximum absolute atomic E-state index is 6.03. The van der Waals surface area contributed by atoms with Crippen LogP contribution in [0.2, 0.25) is 0 Å². The fourth-order valence-electron chi connectivity index (χ4n) is 2.93. The van der Waals surface area contributed by atoms with E-state index in [-0.39, 0.29) is 6.04 Å². The predicted octanol–water partition coefficient (Wildman–Crippen LogP) is 3.60. The lowest BCUT2D eigenvalue weighted by molar-refractivity contribution is 0.221. The standard InChI is InChI=1S/C18H24N2O/c1-13-6-9-17(21-13)12-20(2)18(11-19)16-5-3-4-15(10-16)14-7-8-14/h3-6,9-10,14,18H,7-8,11-12,19H2,1-2H3. The van der Waals surface area contributed by atoms with Gasteiger partial charge in [-0.25, -0.2) is 0 Å². The van der Waals surface area contributed by atoms with Gasteiger partial charge in [0.2, 0.25) is 0 Å². The van der Waals surface area contributed by atoms with E-state index < -0.39 is 0 Å². The Morgan fingerprint density at radius 3 is 2.71 bits per heavy atom. The van der Waals surface area contributed by atoms with Gasteiger partial charge in [0, 0.05) is 12.6 Å². The summed E-state index contributed by atoms with van der Waals surface area (Å²) in [7, 11) is 2.11. The molecule has 0 saturated heterocycles. The second-order valence-electron chi connectivity index (χ2n) is 6.12. The third-order valence-electron chi connectivity index (χ3n) is 4.30. The van der Waals surface area contributed by atoms with Crippen LogP contribution < -0.4 is 5.73 Å². The highest BCUT2D eigenvalue weighted by Crippen LogP contribution is 2.40. The fraction of sp³-hybridized carbons (Fsp3) is 0.444. The molecule has 1 fully saturated rings. The minimum atomic E-state index is 0.231. The third kappa shape index (κ3) is 3.36. The summed E-state index contributed by atoms with van der Waals surface area (Å²) < 4.78 is 5.67. The van der Waals surface area contributed by atoms with Gasteiger partial charge < -0.3 is 10.2 Å². The second kappa shape index (κ2) is 6.04. The van der Waals surface area contributed by atoms with Gasteiger partial charge in [-0.2, -0.15) is 0 Å². The Hall–Kier alpha value is -1.58. The molecule has 1 heterocycles. The van der Waals surface area contributed by atoms with Crippen molar-refractivity contribution in [1.29, 1.82) is 0 Å². The lowest BCUT2D eigenvalue weighted by Crippen LogP contribution is -2.30. The first-order valence-electron chi connectivity index (χ1n) is 7.73. The van der Waals surface area contributed by atoms with Crippen molar-refractivity contribution in [3.8, 4) is 0 Å². The summed E-state index contributed by atoms with van der Waals surface area (Å²) in [5.74, 6) is 2.73. The number of aryl methyl sites for hydroxylation is 1. The fourth-order valence-corrected chi connectivity index (χ4v) is 2.93. The molecule has 2 aromatic rings. The van der Waals surface area contributed by atoms with Crippen molar-refractivity contribution in [3.63, 3.8) is 0 Å². The van der Waals surface area contributed by atoms with E-state index in [0.717, 1.165) is 24.0 Å². The van der Waals surface area contributed by atoms with Crippen LogP contribution in [0.15, 0.2) is 40.8 Å². The van der Waals surface area contributed by atoms with Crippen molar-refractivity contribution in [1.82, 2.24) is 4.90 Å². The lowest BCUT2D eigenvalue weighted by Gasteiger charge is -2.27. The summed E-state index contributed by atoms with van der Waals surface area (Å²) in [5, 5.41) is 0. The smallest absolute Gasteiger partial charge is 0.118 e. The quantitative estimate of drug-likeness (QED) is 0.881. The van der Waals surface area contributed by atoms with Crippen LogP contribution in [0.1, 0.15) is 47.4 Å². The average Bonchev–Trinajstić information content (AvgIpc) is 3.24. The van der Waals surface area contributed by atoms with Crippen molar-refractivity contribution in [2.75, 3.05) is 13.6 Å². The van der Waals surface area contributed by atoms with Crippen molar-refractivity contribution in [2.24, 2.45) is 5.73 Å². The Kier molecular flexibility index (Phi) is 4.13. The van der Waals surface area contributed by atoms with Gasteiger partial charge >= 0.3 is 0 Å². The summed E-state index contributed by atoms with van der Waals surface area (Å²) >= 11 is 0. The second-order valence-corrected chi connectivity index (χ2v) is 6.12. The van der Waals surface area contributed by atoms with Gasteiger partial charge in [-0.1, -0.05) is 24.3 Å². The van der Waals surface area contributed by atoms with Crippen LogP contribution in [0.3, 0.4) is 0 Å². The van der Waals surface area contributed by atoms with Crippen LogP contribution in [-0.2, 0) is 6.54 Å². The monoisotopic (exact) mass is 284 g/mol. The van der Waals surface area contributed by atoms with E-state index in [1.54, 1.807) is 0 Å². The molecule has 1 unspecified atom stereocenters. The van der Waals surface area contributed by atoms with Crippen LogP contribution in [0.4, 0.5) is 0 Å².